The number of thiocarbonyl (C=S) groups is 1. The summed E-state index contributed by atoms with van der Waals surface area (Å²) in [6, 6.07) is 0. The van der Waals surface area contributed by atoms with E-state index in [-0.39, 0.29) is 52.4 Å². The van der Waals surface area contributed by atoms with Crippen LogP contribution in [0.3, 0.4) is 0 Å². The Morgan fingerprint density at radius 2 is 1.76 bits per heavy atom. The zero-order chi connectivity index (χ0) is 12.5. The van der Waals surface area contributed by atoms with Gasteiger partial charge in [-0.3, -0.25) is 9.59 Å². The van der Waals surface area contributed by atoms with Gasteiger partial charge < -0.3 is 10.6 Å². The second kappa shape index (κ2) is 6.09. The molecule has 1 fully saturated rings. The van der Waals surface area contributed by atoms with Crippen LogP contribution in [0.5, 0.6) is 0 Å². The zero-order valence-electron chi connectivity index (χ0n) is 10.7. The Morgan fingerprint density at radius 1 is 1.35 bits per heavy atom. The Bertz CT molecular complexity index is 360. The summed E-state index contributed by atoms with van der Waals surface area (Å²) >= 11 is 4.77. The molecule has 0 atom stereocenters. The monoisotopic (exact) mass is 263 g/mol. The van der Waals surface area contributed by atoms with Crippen LogP contribution in [0.2, 0.25) is 0 Å². The van der Waals surface area contributed by atoms with Gasteiger partial charge in [-0.05, 0) is 31.5 Å². The van der Waals surface area contributed by atoms with E-state index >= 15 is 0 Å². The van der Waals surface area contributed by atoms with Crippen LogP contribution in [0, 0.1) is 11.3 Å². The number of carbonyl (C=O) groups is 2. The largest absolute Gasteiger partial charge is 1.00 e. The molecule has 0 bridgehead atoms. The van der Waals surface area contributed by atoms with Crippen molar-refractivity contribution in [3.8, 4) is 0 Å². The van der Waals surface area contributed by atoms with Crippen LogP contribution in [0.15, 0.2) is 12.2 Å². The average Bonchev–Trinajstić information content (AvgIpc) is 2.10. The normalized spacial score (nSPS) is 18.2. The molecule has 88 valence electrons. The molecule has 0 aromatic heterocycles. The molecule has 6 heteroatoms. The van der Waals surface area contributed by atoms with Crippen molar-refractivity contribution in [1.82, 2.24) is 10.6 Å². The van der Waals surface area contributed by atoms with E-state index in [2.05, 4.69) is 17.2 Å². The molecule has 0 saturated carbocycles. The van der Waals surface area contributed by atoms with Gasteiger partial charge in [0.1, 0.15) is 5.41 Å². The van der Waals surface area contributed by atoms with Gasteiger partial charge in [0.05, 0.1) is 0 Å². The molecule has 1 aliphatic heterocycles. The summed E-state index contributed by atoms with van der Waals surface area (Å²) in [5.41, 5.74) is -0.644. The van der Waals surface area contributed by atoms with Crippen molar-refractivity contribution in [2.45, 2.75) is 27.2 Å². The second-order valence-corrected chi connectivity index (χ2v) is 4.93. The molecular formula is C11H16N2NaO2S+. The minimum absolute atomic E-state index is 0. The molecule has 1 rings (SSSR count). The third kappa shape index (κ3) is 3.16. The molecule has 0 radical (unpaired) electrons. The van der Waals surface area contributed by atoms with Gasteiger partial charge >= 0.3 is 29.6 Å². The van der Waals surface area contributed by atoms with Crippen molar-refractivity contribution in [3.05, 3.63) is 12.2 Å². The molecule has 1 saturated heterocycles. The molecule has 0 aromatic carbocycles. The Labute approximate surface area is 129 Å². The third-order valence-corrected chi connectivity index (χ3v) is 2.88. The molecule has 2 N–H and O–H groups in total. The summed E-state index contributed by atoms with van der Waals surface area (Å²) in [6.45, 7) is 9.37. The molecule has 0 unspecified atom stereocenters. The minimum atomic E-state index is -1.18. The summed E-state index contributed by atoms with van der Waals surface area (Å²) in [6.07, 6.45) is 0.433. The predicted molar refractivity (Wildman–Crippen MR) is 65.6 cm³/mol. The first kappa shape index (κ1) is 16.8. The van der Waals surface area contributed by atoms with Crippen molar-refractivity contribution in [2.75, 3.05) is 0 Å². The van der Waals surface area contributed by atoms with Crippen LogP contribution in [0.4, 0.5) is 0 Å². The smallest absolute Gasteiger partial charge is 0.302 e. The molecular weight excluding hydrogens is 247 g/mol. The topological polar surface area (TPSA) is 58.2 Å². The maximum absolute atomic E-state index is 12.0. The van der Waals surface area contributed by atoms with Crippen molar-refractivity contribution < 1.29 is 39.1 Å². The van der Waals surface area contributed by atoms with Crippen LogP contribution >= 0.6 is 12.2 Å². The van der Waals surface area contributed by atoms with Crippen molar-refractivity contribution in [2.24, 2.45) is 11.3 Å². The van der Waals surface area contributed by atoms with E-state index in [4.69, 9.17) is 12.2 Å². The van der Waals surface area contributed by atoms with Gasteiger partial charge in [-0.1, -0.05) is 26.0 Å². The first-order valence-electron chi connectivity index (χ1n) is 5.13. The minimum Gasteiger partial charge on any atom is -0.302 e. The molecule has 0 spiro atoms. The van der Waals surface area contributed by atoms with E-state index in [1.807, 2.05) is 13.8 Å². The number of hydrogen-bond acceptors (Lipinski definition) is 3. The van der Waals surface area contributed by atoms with Gasteiger partial charge in [-0.2, -0.15) is 0 Å². The van der Waals surface area contributed by atoms with Gasteiger partial charge in [0.25, 0.3) is 0 Å². The Morgan fingerprint density at radius 3 is 2.06 bits per heavy atom. The number of carbonyl (C=O) groups excluding carboxylic acids is 2. The Balaban J connectivity index is 0.00000256. The van der Waals surface area contributed by atoms with Crippen LogP contribution in [0.25, 0.3) is 0 Å². The summed E-state index contributed by atoms with van der Waals surface area (Å²) in [5.74, 6) is -0.537. The van der Waals surface area contributed by atoms with E-state index < -0.39 is 5.41 Å². The Kier molecular flexibility index (Phi) is 6.01. The molecule has 0 aliphatic carbocycles. The first-order valence-corrected chi connectivity index (χ1v) is 5.54. The summed E-state index contributed by atoms with van der Waals surface area (Å²) in [4.78, 5) is 24.0. The summed E-state index contributed by atoms with van der Waals surface area (Å²) in [5, 5.41) is 5.04. The quantitative estimate of drug-likeness (QED) is 0.271. The fourth-order valence-electron chi connectivity index (χ4n) is 1.91. The first-order chi connectivity index (χ1) is 7.30. The van der Waals surface area contributed by atoms with Crippen molar-refractivity contribution in [1.29, 1.82) is 0 Å². The fraction of sp³-hybridized carbons (Fsp3) is 0.545. The van der Waals surface area contributed by atoms with Gasteiger partial charge in [0.15, 0.2) is 5.11 Å². The number of nitrogens with one attached hydrogen (secondary N) is 2. The SMILES string of the molecule is C=C(C)C1(CC(C)C)C(=O)NC(=S)NC1=O.[Na+]. The second-order valence-electron chi connectivity index (χ2n) is 4.52. The molecule has 17 heavy (non-hydrogen) atoms. The number of hydrogen-bond donors (Lipinski definition) is 2. The predicted octanol–water partition coefficient (Wildman–Crippen LogP) is -1.87. The molecule has 1 heterocycles. The summed E-state index contributed by atoms with van der Waals surface area (Å²) in [7, 11) is 0. The standard InChI is InChI=1S/C11H16N2O2S.Na/c1-6(2)5-11(7(3)4)8(14)12-10(16)13-9(11)15;/h6H,3,5H2,1-2,4H3,(H2,12,13,14,15,16);/q;+1. The van der Waals surface area contributed by atoms with Gasteiger partial charge in [0.2, 0.25) is 11.8 Å². The van der Waals surface area contributed by atoms with Crippen LogP contribution in [-0.4, -0.2) is 16.9 Å². The third-order valence-electron chi connectivity index (χ3n) is 2.67. The van der Waals surface area contributed by atoms with E-state index in [0.29, 0.717) is 12.0 Å². The van der Waals surface area contributed by atoms with E-state index in [9.17, 15) is 9.59 Å². The molecule has 4 nitrogen and oxygen atoms in total. The molecule has 2 amide bonds. The Hall–Kier alpha value is -0.230. The molecule has 0 aromatic rings. The van der Waals surface area contributed by atoms with Gasteiger partial charge in [-0.15, -0.1) is 0 Å². The van der Waals surface area contributed by atoms with Crippen LogP contribution in [-0.2, 0) is 9.59 Å². The maximum atomic E-state index is 12.0. The van der Waals surface area contributed by atoms with E-state index in [0.717, 1.165) is 0 Å². The number of rotatable bonds is 3. The molecule has 1 aliphatic rings. The summed E-state index contributed by atoms with van der Waals surface area (Å²) < 4.78 is 0. The average molecular weight is 263 g/mol. The van der Waals surface area contributed by atoms with Crippen LogP contribution in [0.1, 0.15) is 27.2 Å². The fourth-order valence-corrected chi connectivity index (χ4v) is 2.10. The maximum Gasteiger partial charge on any atom is 1.00 e. The number of amides is 2. The van der Waals surface area contributed by atoms with Crippen molar-refractivity contribution >= 4 is 29.1 Å². The van der Waals surface area contributed by atoms with Crippen LogP contribution < -0.4 is 40.2 Å². The van der Waals surface area contributed by atoms with E-state index in [1.54, 1.807) is 6.92 Å². The van der Waals surface area contributed by atoms with Gasteiger partial charge in [-0.25, -0.2) is 0 Å². The van der Waals surface area contributed by atoms with Gasteiger partial charge in [0, 0.05) is 0 Å². The van der Waals surface area contributed by atoms with E-state index in [1.165, 1.54) is 0 Å². The van der Waals surface area contributed by atoms with Crippen molar-refractivity contribution in [3.63, 3.8) is 0 Å². The zero-order valence-corrected chi connectivity index (χ0v) is 13.5.